The Bertz CT molecular complexity index is 244. The molecular weight excluding hydrogens is 232 g/mol. The van der Waals surface area contributed by atoms with Gasteiger partial charge in [0.05, 0.1) is 6.10 Å². The van der Waals surface area contributed by atoms with E-state index < -0.39 is 0 Å². The van der Waals surface area contributed by atoms with Crippen molar-refractivity contribution in [1.29, 1.82) is 0 Å². The highest BCUT2D eigenvalue weighted by molar-refractivity contribution is 9.10. The lowest BCUT2D eigenvalue weighted by atomic mass is 10.3. The van der Waals surface area contributed by atoms with Crippen LogP contribution in [0.5, 0.6) is 5.75 Å². The Morgan fingerprint density at radius 3 is 2.38 bits per heavy atom. The van der Waals surface area contributed by atoms with Gasteiger partial charge in [-0.15, -0.1) is 0 Å². The molecule has 0 aliphatic heterocycles. The van der Waals surface area contributed by atoms with Gasteiger partial charge in [0.1, 0.15) is 5.75 Å². The third-order valence-electron chi connectivity index (χ3n) is 1.44. The zero-order valence-electron chi connectivity index (χ0n) is 7.79. The van der Waals surface area contributed by atoms with Crippen LogP contribution in [0, 0.1) is 0 Å². The van der Waals surface area contributed by atoms with Crippen LogP contribution < -0.4 is 4.74 Å². The van der Waals surface area contributed by atoms with Crippen molar-refractivity contribution >= 4 is 15.9 Å². The van der Waals surface area contributed by atoms with Crippen LogP contribution in [0.1, 0.15) is 13.8 Å². The summed E-state index contributed by atoms with van der Waals surface area (Å²) in [5.41, 5.74) is 0. The second-order valence-corrected chi connectivity index (χ2v) is 3.85. The van der Waals surface area contributed by atoms with E-state index in [9.17, 15) is 0 Å². The smallest absolute Gasteiger partial charge is 0.189 e. The summed E-state index contributed by atoms with van der Waals surface area (Å²) in [4.78, 5) is 0. The van der Waals surface area contributed by atoms with Crippen molar-refractivity contribution in [2.45, 2.75) is 20.0 Å². The molecule has 0 spiro atoms. The van der Waals surface area contributed by atoms with Crippen LogP contribution in [0.2, 0.25) is 0 Å². The fraction of sp³-hybridized carbons (Fsp3) is 0.400. The van der Waals surface area contributed by atoms with Gasteiger partial charge in [-0.25, -0.2) is 0 Å². The average Bonchev–Trinajstić information content (AvgIpc) is 2.08. The highest BCUT2D eigenvalue weighted by atomic mass is 79.9. The summed E-state index contributed by atoms with van der Waals surface area (Å²) in [6.07, 6.45) is 0.204. The molecule has 72 valence electrons. The summed E-state index contributed by atoms with van der Waals surface area (Å²) in [5, 5.41) is 0. The lowest BCUT2D eigenvalue weighted by molar-refractivity contribution is -0.0199. The lowest BCUT2D eigenvalue weighted by Crippen LogP contribution is -2.08. The molecule has 0 aromatic heterocycles. The molecule has 2 nitrogen and oxygen atoms in total. The van der Waals surface area contributed by atoms with Gasteiger partial charge in [0, 0.05) is 4.47 Å². The summed E-state index contributed by atoms with van der Waals surface area (Å²) < 4.78 is 11.6. The molecule has 13 heavy (non-hydrogen) atoms. The van der Waals surface area contributed by atoms with Gasteiger partial charge in [0.15, 0.2) is 6.79 Å². The Morgan fingerprint density at radius 1 is 1.23 bits per heavy atom. The normalized spacial score (nSPS) is 10.5. The average molecular weight is 245 g/mol. The molecule has 0 saturated carbocycles. The number of hydrogen-bond acceptors (Lipinski definition) is 2. The summed E-state index contributed by atoms with van der Waals surface area (Å²) >= 11 is 3.35. The number of benzene rings is 1. The maximum absolute atomic E-state index is 5.33. The van der Waals surface area contributed by atoms with Gasteiger partial charge in [-0.05, 0) is 38.1 Å². The van der Waals surface area contributed by atoms with Gasteiger partial charge < -0.3 is 9.47 Å². The van der Waals surface area contributed by atoms with Crippen molar-refractivity contribution in [2.75, 3.05) is 6.79 Å². The van der Waals surface area contributed by atoms with Crippen LogP contribution in [0.25, 0.3) is 0 Å². The quantitative estimate of drug-likeness (QED) is 0.758. The van der Waals surface area contributed by atoms with E-state index in [1.54, 1.807) is 0 Å². The van der Waals surface area contributed by atoms with Crippen LogP contribution in [-0.4, -0.2) is 12.9 Å². The van der Waals surface area contributed by atoms with Crippen molar-refractivity contribution in [3.8, 4) is 5.75 Å². The van der Waals surface area contributed by atoms with E-state index in [0.717, 1.165) is 10.2 Å². The van der Waals surface area contributed by atoms with Gasteiger partial charge in [-0.2, -0.15) is 0 Å². The van der Waals surface area contributed by atoms with Crippen molar-refractivity contribution in [2.24, 2.45) is 0 Å². The molecule has 0 heterocycles. The molecule has 0 atom stereocenters. The largest absolute Gasteiger partial charge is 0.468 e. The highest BCUT2D eigenvalue weighted by Crippen LogP contribution is 2.15. The molecule has 0 radical (unpaired) electrons. The highest BCUT2D eigenvalue weighted by Gasteiger charge is 1.95. The van der Waals surface area contributed by atoms with Crippen LogP contribution in [0.15, 0.2) is 28.7 Å². The first kappa shape index (κ1) is 10.5. The van der Waals surface area contributed by atoms with E-state index in [1.165, 1.54) is 0 Å². The van der Waals surface area contributed by atoms with Gasteiger partial charge in [-0.1, -0.05) is 15.9 Å². The van der Waals surface area contributed by atoms with Crippen molar-refractivity contribution in [3.63, 3.8) is 0 Å². The summed E-state index contributed by atoms with van der Waals surface area (Å²) in [6, 6.07) is 7.66. The fourth-order valence-electron chi connectivity index (χ4n) is 0.769. The van der Waals surface area contributed by atoms with E-state index in [0.29, 0.717) is 6.79 Å². The second-order valence-electron chi connectivity index (χ2n) is 2.93. The van der Waals surface area contributed by atoms with Gasteiger partial charge in [0.25, 0.3) is 0 Å². The molecular formula is C10H13BrO2. The van der Waals surface area contributed by atoms with Crippen LogP contribution >= 0.6 is 15.9 Å². The summed E-state index contributed by atoms with van der Waals surface area (Å²) in [5.74, 6) is 0.823. The Kier molecular flexibility index (Phi) is 4.25. The van der Waals surface area contributed by atoms with E-state index in [1.807, 2.05) is 38.1 Å². The number of hydrogen-bond donors (Lipinski definition) is 0. The van der Waals surface area contributed by atoms with Crippen molar-refractivity contribution in [3.05, 3.63) is 28.7 Å². The van der Waals surface area contributed by atoms with Gasteiger partial charge in [-0.3, -0.25) is 0 Å². The predicted octanol–water partition coefficient (Wildman–Crippen LogP) is 3.21. The van der Waals surface area contributed by atoms with Gasteiger partial charge >= 0.3 is 0 Å². The SMILES string of the molecule is CC(C)OCOc1ccc(Br)cc1. The lowest BCUT2D eigenvalue weighted by Gasteiger charge is -2.09. The monoisotopic (exact) mass is 244 g/mol. The molecule has 1 aromatic carbocycles. The first-order valence-corrected chi connectivity index (χ1v) is 4.98. The van der Waals surface area contributed by atoms with Crippen molar-refractivity contribution in [1.82, 2.24) is 0 Å². The molecule has 0 unspecified atom stereocenters. The molecule has 1 rings (SSSR count). The Hall–Kier alpha value is -0.540. The molecule has 0 saturated heterocycles. The van der Waals surface area contributed by atoms with Crippen LogP contribution in [-0.2, 0) is 4.74 Å². The maximum Gasteiger partial charge on any atom is 0.189 e. The first-order chi connectivity index (χ1) is 6.18. The predicted molar refractivity (Wildman–Crippen MR) is 55.9 cm³/mol. The second kappa shape index (κ2) is 5.25. The topological polar surface area (TPSA) is 18.5 Å². The minimum absolute atomic E-state index is 0.204. The number of ether oxygens (including phenoxy) is 2. The zero-order valence-corrected chi connectivity index (χ0v) is 9.37. The summed E-state index contributed by atoms with van der Waals surface area (Å²) in [7, 11) is 0. The van der Waals surface area contributed by atoms with Crippen LogP contribution in [0.3, 0.4) is 0 Å². The van der Waals surface area contributed by atoms with Crippen molar-refractivity contribution < 1.29 is 9.47 Å². The Balaban J connectivity index is 2.33. The van der Waals surface area contributed by atoms with E-state index >= 15 is 0 Å². The molecule has 0 fully saturated rings. The number of rotatable bonds is 4. The van der Waals surface area contributed by atoms with E-state index in [-0.39, 0.29) is 6.10 Å². The fourth-order valence-corrected chi connectivity index (χ4v) is 1.03. The minimum Gasteiger partial charge on any atom is -0.468 e. The molecule has 0 amide bonds. The molecule has 1 aromatic rings. The standard InChI is InChI=1S/C10H13BrO2/c1-8(2)12-7-13-10-5-3-9(11)4-6-10/h3-6,8H,7H2,1-2H3. The maximum atomic E-state index is 5.33. The molecule has 3 heteroatoms. The van der Waals surface area contributed by atoms with Gasteiger partial charge in [0.2, 0.25) is 0 Å². The Labute approximate surface area is 87.0 Å². The van der Waals surface area contributed by atoms with E-state index in [2.05, 4.69) is 15.9 Å². The summed E-state index contributed by atoms with van der Waals surface area (Å²) in [6.45, 7) is 4.26. The number of halogens is 1. The molecule has 0 bridgehead atoms. The minimum atomic E-state index is 0.204. The molecule has 0 aliphatic carbocycles. The molecule has 0 aliphatic rings. The third kappa shape index (κ3) is 4.29. The van der Waals surface area contributed by atoms with E-state index in [4.69, 9.17) is 9.47 Å². The third-order valence-corrected chi connectivity index (χ3v) is 1.97. The van der Waals surface area contributed by atoms with Crippen LogP contribution in [0.4, 0.5) is 0 Å². The molecule has 0 N–H and O–H groups in total. The zero-order chi connectivity index (χ0) is 9.68. The first-order valence-electron chi connectivity index (χ1n) is 4.18. The Morgan fingerprint density at radius 2 is 1.85 bits per heavy atom.